The Morgan fingerprint density at radius 2 is 1.91 bits per heavy atom. The zero-order valence-corrected chi connectivity index (χ0v) is 13.8. The van der Waals surface area contributed by atoms with Gasteiger partial charge in [-0.05, 0) is 51.5 Å². The molecule has 0 aromatic carbocycles. The molecule has 2 N–H and O–H groups in total. The molecule has 23 heavy (non-hydrogen) atoms. The molecule has 1 spiro atoms. The van der Waals surface area contributed by atoms with Gasteiger partial charge in [-0.15, -0.1) is 0 Å². The van der Waals surface area contributed by atoms with Gasteiger partial charge >= 0.3 is 5.97 Å². The zero-order valence-electron chi connectivity index (χ0n) is 13.8. The molecule has 0 bridgehead atoms. The lowest BCUT2D eigenvalue weighted by Gasteiger charge is -2.27. The van der Waals surface area contributed by atoms with E-state index in [0.29, 0.717) is 29.9 Å². The van der Waals surface area contributed by atoms with Crippen LogP contribution in [-0.4, -0.2) is 52.2 Å². The van der Waals surface area contributed by atoms with Crippen molar-refractivity contribution in [3.63, 3.8) is 0 Å². The van der Waals surface area contributed by atoms with Gasteiger partial charge in [-0.25, -0.2) is 4.79 Å². The van der Waals surface area contributed by atoms with Crippen LogP contribution < -0.4 is 0 Å². The van der Waals surface area contributed by atoms with E-state index in [2.05, 4.69) is 4.98 Å². The second kappa shape index (κ2) is 6.00. The number of aromatic amines is 1. The molecule has 2 aliphatic heterocycles. The van der Waals surface area contributed by atoms with Crippen molar-refractivity contribution >= 4 is 11.9 Å². The maximum absolute atomic E-state index is 12.9. The van der Waals surface area contributed by atoms with Gasteiger partial charge in [0.1, 0.15) is 5.69 Å². The molecule has 1 unspecified atom stereocenters. The Morgan fingerprint density at radius 3 is 2.52 bits per heavy atom. The summed E-state index contributed by atoms with van der Waals surface area (Å²) in [5, 5.41) is 9.21. The van der Waals surface area contributed by atoms with E-state index in [4.69, 9.17) is 4.74 Å². The van der Waals surface area contributed by atoms with Crippen molar-refractivity contribution in [2.75, 3.05) is 19.7 Å². The monoisotopic (exact) mass is 320 g/mol. The molecule has 3 rings (SSSR count). The lowest BCUT2D eigenvalue weighted by atomic mass is 9.92. The first kappa shape index (κ1) is 16.1. The number of H-pyrrole nitrogens is 1. The molecule has 0 radical (unpaired) electrons. The number of carbonyl (C=O) groups excluding carboxylic acids is 1. The van der Waals surface area contributed by atoms with Crippen LogP contribution in [0, 0.1) is 13.8 Å². The maximum Gasteiger partial charge on any atom is 0.352 e. The average molecular weight is 320 g/mol. The minimum atomic E-state index is -1.03. The van der Waals surface area contributed by atoms with E-state index in [9.17, 15) is 14.7 Å². The van der Waals surface area contributed by atoms with E-state index in [0.717, 1.165) is 38.7 Å². The summed E-state index contributed by atoms with van der Waals surface area (Å²) < 4.78 is 5.96. The predicted molar refractivity (Wildman–Crippen MR) is 84.9 cm³/mol. The van der Waals surface area contributed by atoms with Gasteiger partial charge in [-0.3, -0.25) is 4.79 Å². The third kappa shape index (κ3) is 2.87. The number of ether oxygens (including phenoxy) is 1. The van der Waals surface area contributed by atoms with Gasteiger partial charge in [0, 0.05) is 25.4 Å². The standard InChI is InChI=1S/C17H24N2O4/c1-11-13(12(2)18-14(11)16(21)22)15(20)19-8-3-5-17(7-9-19)6-4-10-23-17/h18H,3-10H2,1-2H3,(H,21,22). The largest absolute Gasteiger partial charge is 0.477 e. The van der Waals surface area contributed by atoms with Crippen molar-refractivity contribution in [2.24, 2.45) is 0 Å². The van der Waals surface area contributed by atoms with Gasteiger partial charge in [0.25, 0.3) is 5.91 Å². The molecule has 2 fully saturated rings. The first-order chi connectivity index (χ1) is 10.9. The number of carboxylic acid groups (broad SMARTS) is 1. The van der Waals surface area contributed by atoms with Crippen molar-refractivity contribution in [3.05, 3.63) is 22.5 Å². The number of nitrogens with one attached hydrogen (secondary N) is 1. The normalized spacial score (nSPS) is 24.9. The van der Waals surface area contributed by atoms with Gasteiger partial charge in [-0.1, -0.05) is 0 Å². The first-order valence-corrected chi connectivity index (χ1v) is 8.29. The molecular formula is C17H24N2O4. The quantitative estimate of drug-likeness (QED) is 0.877. The number of hydrogen-bond donors (Lipinski definition) is 2. The van der Waals surface area contributed by atoms with Gasteiger partial charge in [0.15, 0.2) is 0 Å². The molecular weight excluding hydrogens is 296 g/mol. The average Bonchev–Trinajstić information content (AvgIpc) is 2.99. The van der Waals surface area contributed by atoms with E-state index < -0.39 is 5.97 Å². The number of carboxylic acids is 1. The molecule has 6 heteroatoms. The van der Waals surface area contributed by atoms with Crippen molar-refractivity contribution in [2.45, 2.75) is 51.6 Å². The third-order valence-electron chi connectivity index (χ3n) is 5.24. The lowest BCUT2D eigenvalue weighted by molar-refractivity contribution is -0.00692. The van der Waals surface area contributed by atoms with Crippen LogP contribution in [0.15, 0.2) is 0 Å². The number of hydrogen-bond acceptors (Lipinski definition) is 3. The zero-order chi connectivity index (χ0) is 16.6. The summed E-state index contributed by atoms with van der Waals surface area (Å²) in [6, 6.07) is 0. The Kier molecular flexibility index (Phi) is 4.19. The van der Waals surface area contributed by atoms with Crippen LogP contribution in [0.1, 0.15) is 64.2 Å². The molecule has 0 aliphatic carbocycles. The third-order valence-corrected chi connectivity index (χ3v) is 5.24. The molecule has 1 atom stereocenters. The highest BCUT2D eigenvalue weighted by atomic mass is 16.5. The predicted octanol–water partition coefficient (Wildman–Crippen LogP) is 2.51. The smallest absolute Gasteiger partial charge is 0.352 e. The fraction of sp³-hybridized carbons (Fsp3) is 0.647. The highest BCUT2D eigenvalue weighted by molar-refractivity contribution is 6.00. The number of aromatic carboxylic acids is 1. The maximum atomic E-state index is 12.9. The summed E-state index contributed by atoms with van der Waals surface area (Å²) in [4.78, 5) is 28.8. The molecule has 6 nitrogen and oxygen atoms in total. The Morgan fingerprint density at radius 1 is 1.17 bits per heavy atom. The Labute approximate surface area is 135 Å². The molecule has 1 aromatic rings. The van der Waals surface area contributed by atoms with Gasteiger partial charge in [-0.2, -0.15) is 0 Å². The number of rotatable bonds is 2. The van der Waals surface area contributed by atoms with Gasteiger partial charge < -0.3 is 19.7 Å². The summed E-state index contributed by atoms with van der Waals surface area (Å²) in [5.41, 5.74) is 1.72. The van der Waals surface area contributed by atoms with Gasteiger partial charge in [0.05, 0.1) is 11.2 Å². The minimum absolute atomic E-state index is 0.0382. The summed E-state index contributed by atoms with van der Waals surface area (Å²) in [5.74, 6) is -1.10. The molecule has 0 saturated carbocycles. The number of amides is 1. The summed E-state index contributed by atoms with van der Waals surface area (Å²) in [7, 11) is 0. The van der Waals surface area contributed by atoms with E-state index in [1.807, 2.05) is 4.90 Å². The van der Waals surface area contributed by atoms with Crippen molar-refractivity contribution < 1.29 is 19.4 Å². The number of carbonyl (C=O) groups is 2. The fourth-order valence-corrected chi connectivity index (χ4v) is 3.96. The number of aryl methyl sites for hydroxylation is 1. The SMILES string of the molecule is Cc1[nH]c(C(=O)O)c(C)c1C(=O)N1CCCC2(CCCO2)CC1. The second-order valence-electron chi connectivity index (χ2n) is 6.71. The fourth-order valence-electron chi connectivity index (χ4n) is 3.96. The molecule has 3 heterocycles. The first-order valence-electron chi connectivity index (χ1n) is 8.29. The van der Waals surface area contributed by atoms with Crippen molar-refractivity contribution in [3.8, 4) is 0 Å². The highest BCUT2D eigenvalue weighted by Gasteiger charge is 2.38. The Hall–Kier alpha value is -1.82. The van der Waals surface area contributed by atoms with Crippen LogP contribution >= 0.6 is 0 Å². The van der Waals surface area contributed by atoms with E-state index in [-0.39, 0.29) is 17.2 Å². The van der Waals surface area contributed by atoms with Crippen LogP contribution in [0.25, 0.3) is 0 Å². The van der Waals surface area contributed by atoms with Crippen LogP contribution in [0.3, 0.4) is 0 Å². The topological polar surface area (TPSA) is 82.6 Å². The van der Waals surface area contributed by atoms with Gasteiger partial charge in [0.2, 0.25) is 0 Å². The minimum Gasteiger partial charge on any atom is -0.477 e. The number of likely N-dealkylation sites (tertiary alicyclic amines) is 1. The van der Waals surface area contributed by atoms with E-state index in [1.54, 1.807) is 13.8 Å². The van der Waals surface area contributed by atoms with E-state index in [1.165, 1.54) is 0 Å². The number of aromatic nitrogens is 1. The summed E-state index contributed by atoms with van der Waals surface area (Å²) in [6.45, 7) is 5.65. The molecule has 2 saturated heterocycles. The van der Waals surface area contributed by atoms with Crippen molar-refractivity contribution in [1.29, 1.82) is 0 Å². The highest BCUT2D eigenvalue weighted by Crippen LogP contribution is 2.36. The molecule has 126 valence electrons. The number of nitrogens with zero attached hydrogens (tertiary/aromatic N) is 1. The van der Waals surface area contributed by atoms with Crippen LogP contribution in [-0.2, 0) is 4.74 Å². The molecule has 1 amide bonds. The summed E-state index contributed by atoms with van der Waals surface area (Å²) in [6.07, 6.45) is 4.99. The van der Waals surface area contributed by atoms with Crippen LogP contribution in [0.2, 0.25) is 0 Å². The Bertz CT molecular complexity index is 629. The lowest BCUT2D eigenvalue weighted by Crippen LogP contribution is -2.34. The summed E-state index contributed by atoms with van der Waals surface area (Å²) >= 11 is 0. The second-order valence-corrected chi connectivity index (χ2v) is 6.71. The molecule has 2 aliphatic rings. The Balaban J connectivity index is 1.79. The van der Waals surface area contributed by atoms with E-state index >= 15 is 0 Å². The van der Waals surface area contributed by atoms with Crippen LogP contribution in [0.4, 0.5) is 0 Å². The molecule has 1 aromatic heterocycles. The van der Waals surface area contributed by atoms with Crippen LogP contribution in [0.5, 0.6) is 0 Å². The van der Waals surface area contributed by atoms with Crippen molar-refractivity contribution in [1.82, 2.24) is 9.88 Å².